The summed E-state index contributed by atoms with van der Waals surface area (Å²) >= 11 is 0. The van der Waals surface area contributed by atoms with Crippen molar-refractivity contribution in [2.75, 3.05) is 19.8 Å². The molecule has 0 amide bonds. The second-order valence-corrected chi connectivity index (χ2v) is 8.31. The van der Waals surface area contributed by atoms with Crippen molar-refractivity contribution in [2.24, 2.45) is 11.3 Å². The molecule has 1 aromatic carbocycles. The molecule has 1 N–H and O–H groups in total. The van der Waals surface area contributed by atoms with Crippen molar-refractivity contribution in [2.45, 2.75) is 50.2 Å². The van der Waals surface area contributed by atoms with Crippen molar-refractivity contribution in [1.82, 2.24) is 0 Å². The van der Waals surface area contributed by atoms with Crippen LogP contribution in [0.15, 0.2) is 12.1 Å². The van der Waals surface area contributed by atoms with E-state index >= 15 is 0 Å². The van der Waals surface area contributed by atoms with E-state index in [0.29, 0.717) is 37.4 Å². The van der Waals surface area contributed by atoms with Crippen molar-refractivity contribution < 1.29 is 28.5 Å². The molecule has 2 unspecified atom stereocenters. The summed E-state index contributed by atoms with van der Waals surface area (Å²) in [4.78, 5) is 11.2. The fraction of sp³-hybridized carbons (Fsp3) is 0.650. The van der Waals surface area contributed by atoms with Crippen molar-refractivity contribution in [3.63, 3.8) is 0 Å². The van der Waals surface area contributed by atoms with Gasteiger partial charge in [0.1, 0.15) is 11.6 Å². The molecule has 0 radical (unpaired) electrons. The SMILES string of the molecule is O=C(O)c1cc(C2CC2)c(OCC23CCC4(CC2C3)OCCO4)cc1F. The van der Waals surface area contributed by atoms with Gasteiger partial charge in [0.25, 0.3) is 0 Å². The minimum atomic E-state index is -1.23. The molecule has 140 valence electrons. The van der Waals surface area contributed by atoms with Gasteiger partial charge in [0.05, 0.1) is 25.4 Å². The van der Waals surface area contributed by atoms with Crippen LogP contribution in [-0.2, 0) is 9.47 Å². The lowest BCUT2D eigenvalue weighted by atomic mass is 9.85. The van der Waals surface area contributed by atoms with E-state index in [-0.39, 0.29) is 16.8 Å². The highest BCUT2D eigenvalue weighted by molar-refractivity contribution is 5.88. The summed E-state index contributed by atoms with van der Waals surface area (Å²) < 4.78 is 31.9. The van der Waals surface area contributed by atoms with Crippen LogP contribution >= 0.6 is 0 Å². The maximum atomic E-state index is 14.1. The number of hydrogen-bond acceptors (Lipinski definition) is 4. The molecule has 4 aliphatic rings. The van der Waals surface area contributed by atoms with Gasteiger partial charge in [-0.15, -0.1) is 0 Å². The molecule has 4 fully saturated rings. The first kappa shape index (κ1) is 16.5. The Labute approximate surface area is 151 Å². The van der Waals surface area contributed by atoms with E-state index < -0.39 is 11.8 Å². The number of carboxylic acid groups (broad SMARTS) is 1. The molecule has 1 aromatic rings. The zero-order valence-corrected chi connectivity index (χ0v) is 14.6. The minimum absolute atomic E-state index is 0.142. The van der Waals surface area contributed by atoms with Gasteiger partial charge < -0.3 is 19.3 Å². The zero-order valence-electron chi connectivity index (χ0n) is 14.6. The third-order valence-corrected chi connectivity index (χ3v) is 6.60. The van der Waals surface area contributed by atoms with Crippen LogP contribution < -0.4 is 4.74 Å². The van der Waals surface area contributed by atoms with Crippen LogP contribution in [0.1, 0.15) is 60.4 Å². The Morgan fingerprint density at radius 1 is 1.23 bits per heavy atom. The summed E-state index contributed by atoms with van der Waals surface area (Å²) in [6.45, 7) is 1.91. The van der Waals surface area contributed by atoms with Gasteiger partial charge in [-0.1, -0.05) is 0 Å². The van der Waals surface area contributed by atoms with Crippen molar-refractivity contribution in [3.8, 4) is 5.75 Å². The van der Waals surface area contributed by atoms with Gasteiger partial charge in [0.2, 0.25) is 0 Å². The first-order valence-corrected chi connectivity index (χ1v) is 9.48. The van der Waals surface area contributed by atoms with Gasteiger partial charge in [0.15, 0.2) is 5.79 Å². The number of benzene rings is 1. The van der Waals surface area contributed by atoms with Crippen LogP contribution in [0, 0.1) is 17.2 Å². The zero-order chi connectivity index (χ0) is 17.9. The molecule has 3 saturated carbocycles. The van der Waals surface area contributed by atoms with Crippen LogP contribution in [0.4, 0.5) is 4.39 Å². The lowest BCUT2D eigenvalue weighted by Crippen LogP contribution is -2.37. The Hall–Kier alpha value is -1.66. The molecule has 1 spiro atoms. The molecule has 5 nitrogen and oxygen atoms in total. The second-order valence-electron chi connectivity index (χ2n) is 8.31. The van der Waals surface area contributed by atoms with E-state index in [1.165, 1.54) is 12.1 Å². The van der Waals surface area contributed by atoms with E-state index in [0.717, 1.165) is 44.1 Å². The Bertz CT molecular complexity index is 753. The van der Waals surface area contributed by atoms with Crippen LogP contribution in [0.2, 0.25) is 0 Å². The van der Waals surface area contributed by atoms with Crippen molar-refractivity contribution in [1.29, 1.82) is 0 Å². The highest BCUT2D eigenvalue weighted by atomic mass is 19.1. The highest BCUT2D eigenvalue weighted by Crippen LogP contribution is 2.64. The van der Waals surface area contributed by atoms with E-state index in [2.05, 4.69) is 0 Å². The van der Waals surface area contributed by atoms with Crippen LogP contribution in [0.25, 0.3) is 0 Å². The van der Waals surface area contributed by atoms with E-state index in [9.17, 15) is 9.18 Å². The maximum absolute atomic E-state index is 14.1. The number of rotatable bonds is 5. The van der Waals surface area contributed by atoms with Crippen LogP contribution in [-0.4, -0.2) is 36.7 Å². The molecule has 5 rings (SSSR count). The number of hydrogen-bond donors (Lipinski definition) is 1. The fourth-order valence-electron chi connectivity index (χ4n) is 4.75. The van der Waals surface area contributed by atoms with Crippen molar-refractivity contribution in [3.05, 3.63) is 29.1 Å². The van der Waals surface area contributed by atoms with Gasteiger partial charge in [-0.05, 0) is 49.1 Å². The summed E-state index contributed by atoms with van der Waals surface area (Å²) in [5, 5.41) is 9.16. The molecule has 6 heteroatoms. The number of carbonyl (C=O) groups is 1. The largest absolute Gasteiger partial charge is 0.493 e. The topological polar surface area (TPSA) is 65.0 Å². The molecular weight excluding hydrogens is 339 g/mol. The van der Waals surface area contributed by atoms with Gasteiger partial charge in [-0.2, -0.15) is 0 Å². The van der Waals surface area contributed by atoms with E-state index in [1.807, 2.05) is 0 Å². The predicted octanol–water partition coefficient (Wildman–Crippen LogP) is 3.71. The Morgan fingerprint density at radius 2 is 2.00 bits per heavy atom. The summed E-state index contributed by atoms with van der Waals surface area (Å²) in [5.74, 6) is -0.987. The smallest absolute Gasteiger partial charge is 0.338 e. The third kappa shape index (κ3) is 2.70. The molecule has 1 aliphatic heterocycles. The Kier molecular flexibility index (Phi) is 3.60. The molecular formula is C20H23FO5. The molecule has 0 bridgehead atoms. The predicted molar refractivity (Wildman–Crippen MR) is 89.9 cm³/mol. The van der Waals surface area contributed by atoms with Crippen LogP contribution in [0.5, 0.6) is 5.75 Å². The van der Waals surface area contributed by atoms with Gasteiger partial charge in [-0.25, -0.2) is 9.18 Å². The van der Waals surface area contributed by atoms with E-state index in [4.69, 9.17) is 19.3 Å². The Morgan fingerprint density at radius 3 is 2.65 bits per heavy atom. The maximum Gasteiger partial charge on any atom is 0.338 e. The lowest BCUT2D eigenvalue weighted by Gasteiger charge is -2.35. The van der Waals surface area contributed by atoms with Gasteiger partial charge >= 0.3 is 5.97 Å². The summed E-state index contributed by atoms with van der Waals surface area (Å²) in [7, 11) is 0. The number of aromatic carboxylic acids is 1. The summed E-state index contributed by atoms with van der Waals surface area (Å²) in [6, 6.07) is 2.72. The number of carboxylic acids is 1. The van der Waals surface area contributed by atoms with E-state index in [1.54, 1.807) is 0 Å². The van der Waals surface area contributed by atoms with Gasteiger partial charge in [0, 0.05) is 24.3 Å². The molecule has 2 atom stereocenters. The van der Waals surface area contributed by atoms with Crippen LogP contribution in [0.3, 0.4) is 0 Å². The summed E-state index contributed by atoms with van der Waals surface area (Å²) in [6.07, 6.45) is 5.90. The monoisotopic (exact) mass is 362 g/mol. The number of ether oxygens (including phenoxy) is 3. The van der Waals surface area contributed by atoms with Gasteiger partial charge in [-0.3, -0.25) is 0 Å². The molecule has 1 saturated heterocycles. The first-order chi connectivity index (χ1) is 12.5. The minimum Gasteiger partial charge on any atom is -0.493 e. The standard InChI is InChI=1S/C20H23FO5/c21-16-8-17(14(12-1-2-12)7-15(16)18(22)23)24-11-19-3-4-20(10-13(19)9-19)25-5-6-26-20/h7-8,12-13H,1-6,9-11H2,(H,22,23). The molecule has 1 heterocycles. The average molecular weight is 362 g/mol. The third-order valence-electron chi connectivity index (χ3n) is 6.60. The summed E-state index contributed by atoms with van der Waals surface area (Å²) in [5.41, 5.74) is 0.715. The number of halogens is 1. The lowest BCUT2D eigenvalue weighted by molar-refractivity contribution is -0.185. The average Bonchev–Trinajstić information content (AvgIpc) is 3.51. The molecule has 3 aliphatic carbocycles. The second kappa shape index (κ2) is 5.67. The normalized spacial score (nSPS) is 31.7. The highest BCUT2D eigenvalue weighted by Gasteiger charge is 2.62. The fourth-order valence-corrected chi connectivity index (χ4v) is 4.75. The molecule has 0 aromatic heterocycles. The molecule has 26 heavy (non-hydrogen) atoms. The van der Waals surface area contributed by atoms with Crippen molar-refractivity contribution >= 4 is 5.97 Å². The quantitative estimate of drug-likeness (QED) is 0.865. The Balaban J connectivity index is 1.30. The first-order valence-electron chi connectivity index (χ1n) is 9.48. The number of fused-ring (bicyclic) bond motifs is 1.